The summed E-state index contributed by atoms with van der Waals surface area (Å²) in [6.45, 7) is 3.36. The number of nitrogens with zero attached hydrogens (tertiary/aromatic N) is 3. The Morgan fingerprint density at radius 1 is 1.71 bits per heavy atom. The number of fused-ring (bicyclic) bond motifs is 1. The lowest BCUT2D eigenvalue weighted by atomic mass is 10.5. The highest BCUT2D eigenvalue weighted by atomic mass is 16.5. The molecule has 2 rings (SSSR count). The van der Waals surface area contributed by atoms with Crippen LogP contribution in [0.1, 0.15) is 0 Å². The van der Waals surface area contributed by atoms with E-state index >= 15 is 0 Å². The van der Waals surface area contributed by atoms with Crippen LogP contribution in [-0.2, 0) is 4.74 Å². The van der Waals surface area contributed by atoms with Crippen molar-refractivity contribution < 1.29 is 9.53 Å². The smallest absolute Gasteiger partial charge is 0.424 e. The predicted molar refractivity (Wildman–Crippen MR) is 59.5 cm³/mol. The number of nitrogens with one attached hydrogen (secondary N) is 1. The van der Waals surface area contributed by atoms with Gasteiger partial charge in [-0.05, 0) is 0 Å². The van der Waals surface area contributed by atoms with Crippen molar-refractivity contribution in [1.82, 2.24) is 19.5 Å². The van der Waals surface area contributed by atoms with Gasteiger partial charge in [-0.1, -0.05) is 12.7 Å². The highest BCUT2D eigenvalue weighted by Crippen LogP contribution is 2.04. The van der Waals surface area contributed by atoms with Gasteiger partial charge in [-0.15, -0.1) is 0 Å². The molecule has 2 heterocycles. The summed E-state index contributed by atoms with van der Waals surface area (Å²) in [5, 5.41) is 0. The van der Waals surface area contributed by atoms with Gasteiger partial charge in [-0.3, -0.25) is 4.79 Å². The molecule has 0 aromatic carbocycles. The molecule has 2 aromatic heterocycles. The Balaban J connectivity index is 2.56. The summed E-state index contributed by atoms with van der Waals surface area (Å²) in [7, 11) is 0. The summed E-state index contributed by atoms with van der Waals surface area (Å²) < 4.78 is 5.33. The second kappa shape index (κ2) is 4.08. The maximum absolute atomic E-state index is 11.8. The topological polar surface area (TPSA) is 116 Å². The Morgan fingerprint density at radius 3 is 3.18 bits per heavy atom. The first kappa shape index (κ1) is 10.9. The summed E-state index contributed by atoms with van der Waals surface area (Å²) in [6.07, 6.45) is 1.75. The Hall–Kier alpha value is -2.64. The fourth-order valence-electron chi connectivity index (χ4n) is 1.27. The first-order valence-electron chi connectivity index (χ1n) is 4.64. The van der Waals surface area contributed by atoms with Gasteiger partial charge in [0.1, 0.15) is 6.61 Å². The van der Waals surface area contributed by atoms with Crippen molar-refractivity contribution in [3.63, 3.8) is 0 Å². The molecule has 0 aliphatic heterocycles. The van der Waals surface area contributed by atoms with Crippen molar-refractivity contribution >= 4 is 23.2 Å². The molecule has 2 aromatic rings. The number of anilines is 1. The van der Waals surface area contributed by atoms with Gasteiger partial charge in [-0.2, -0.15) is 9.55 Å². The molecule has 0 amide bonds. The first-order chi connectivity index (χ1) is 8.15. The van der Waals surface area contributed by atoms with E-state index in [2.05, 4.69) is 21.5 Å². The molecule has 0 saturated heterocycles. The fourth-order valence-corrected chi connectivity index (χ4v) is 1.27. The third-order valence-corrected chi connectivity index (χ3v) is 1.99. The molecular formula is C9H9N5O3. The molecule has 0 fully saturated rings. The fraction of sp³-hybridized carbons (Fsp3) is 0.111. The minimum atomic E-state index is -0.912. The number of imidazole rings is 1. The summed E-state index contributed by atoms with van der Waals surface area (Å²) >= 11 is 0. The van der Waals surface area contributed by atoms with Gasteiger partial charge >= 0.3 is 6.09 Å². The van der Waals surface area contributed by atoms with E-state index in [1.165, 1.54) is 12.4 Å². The maximum Gasteiger partial charge on any atom is 0.424 e. The summed E-state index contributed by atoms with van der Waals surface area (Å²) in [6, 6.07) is 0. The highest BCUT2D eigenvalue weighted by molar-refractivity contribution is 5.79. The Bertz CT molecular complexity index is 642. The van der Waals surface area contributed by atoms with Crippen LogP contribution in [0.5, 0.6) is 0 Å². The van der Waals surface area contributed by atoms with E-state index in [-0.39, 0.29) is 23.7 Å². The van der Waals surface area contributed by atoms with Crippen LogP contribution in [0, 0.1) is 0 Å². The number of carbonyl (C=O) groups excluding carboxylic acids is 1. The van der Waals surface area contributed by atoms with Gasteiger partial charge in [0.15, 0.2) is 11.2 Å². The lowest BCUT2D eigenvalue weighted by Gasteiger charge is -2.06. The molecule has 8 heteroatoms. The predicted octanol–water partition coefficient (Wildman–Crippen LogP) is -0.128. The number of carbonyl (C=O) groups is 1. The molecule has 0 saturated carbocycles. The number of ether oxygens (including phenoxy) is 1. The largest absolute Gasteiger partial charge is 0.445 e. The second-order valence-corrected chi connectivity index (χ2v) is 3.08. The second-order valence-electron chi connectivity index (χ2n) is 3.08. The average molecular weight is 235 g/mol. The van der Waals surface area contributed by atoms with Crippen molar-refractivity contribution in [3.05, 3.63) is 29.3 Å². The highest BCUT2D eigenvalue weighted by Gasteiger charge is 2.17. The summed E-state index contributed by atoms with van der Waals surface area (Å²) in [5.74, 6) is -0.263. The Labute approximate surface area is 94.7 Å². The van der Waals surface area contributed by atoms with Gasteiger partial charge in [0.05, 0.1) is 6.33 Å². The molecule has 0 radical (unpaired) electrons. The van der Waals surface area contributed by atoms with E-state index in [0.717, 1.165) is 0 Å². The average Bonchev–Trinajstić information content (AvgIpc) is 2.74. The van der Waals surface area contributed by atoms with E-state index in [0.29, 0.717) is 4.57 Å². The molecule has 0 unspecified atom stereocenters. The molecule has 3 N–H and O–H groups in total. The summed E-state index contributed by atoms with van der Waals surface area (Å²) in [5.41, 5.74) is 5.06. The Kier molecular flexibility index (Phi) is 2.61. The molecule has 88 valence electrons. The van der Waals surface area contributed by atoms with Gasteiger partial charge in [0, 0.05) is 0 Å². The first-order valence-corrected chi connectivity index (χ1v) is 4.64. The molecule has 0 aliphatic rings. The minimum Gasteiger partial charge on any atom is -0.445 e. The van der Waals surface area contributed by atoms with Crippen molar-refractivity contribution in [1.29, 1.82) is 0 Å². The van der Waals surface area contributed by atoms with Crippen molar-refractivity contribution in [2.45, 2.75) is 0 Å². The third kappa shape index (κ3) is 1.75. The minimum absolute atomic E-state index is 0.0229. The number of H-pyrrole nitrogens is 1. The van der Waals surface area contributed by atoms with Gasteiger partial charge in [0.2, 0.25) is 5.95 Å². The number of nitrogens with two attached hydrogens (primary N) is 1. The van der Waals surface area contributed by atoms with E-state index in [1.54, 1.807) is 0 Å². The SMILES string of the molecule is C=CCOC(=O)n1c(N)nc2[nH]cnc2c1=O. The van der Waals surface area contributed by atoms with Crippen LogP contribution in [0.15, 0.2) is 23.8 Å². The van der Waals surface area contributed by atoms with Crippen molar-refractivity contribution in [2.24, 2.45) is 0 Å². The van der Waals surface area contributed by atoms with E-state index < -0.39 is 11.7 Å². The van der Waals surface area contributed by atoms with Crippen molar-refractivity contribution in [3.8, 4) is 0 Å². The van der Waals surface area contributed by atoms with E-state index in [4.69, 9.17) is 10.5 Å². The van der Waals surface area contributed by atoms with E-state index in [9.17, 15) is 9.59 Å². The molecule has 17 heavy (non-hydrogen) atoms. The monoisotopic (exact) mass is 235 g/mol. The molecular weight excluding hydrogens is 226 g/mol. The van der Waals surface area contributed by atoms with Crippen LogP contribution in [0.3, 0.4) is 0 Å². The van der Waals surface area contributed by atoms with Crippen LogP contribution in [-0.4, -0.2) is 32.2 Å². The van der Waals surface area contributed by atoms with Gasteiger partial charge < -0.3 is 15.5 Å². The number of nitrogen functional groups attached to an aromatic ring is 1. The molecule has 0 spiro atoms. The summed E-state index contributed by atoms with van der Waals surface area (Å²) in [4.78, 5) is 33.6. The van der Waals surface area contributed by atoms with Crippen LogP contribution >= 0.6 is 0 Å². The zero-order chi connectivity index (χ0) is 12.4. The molecule has 8 nitrogen and oxygen atoms in total. The molecule has 0 atom stereocenters. The zero-order valence-corrected chi connectivity index (χ0v) is 8.71. The van der Waals surface area contributed by atoms with E-state index in [1.807, 2.05) is 0 Å². The number of hydrogen-bond donors (Lipinski definition) is 2. The zero-order valence-electron chi connectivity index (χ0n) is 8.71. The normalized spacial score (nSPS) is 10.4. The lowest BCUT2D eigenvalue weighted by Crippen LogP contribution is -2.31. The van der Waals surface area contributed by atoms with Crippen LogP contribution in [0.4, 0.5) is 10.7 Å². The Morgan fingerprint density at radius 2 is 2.47 bits per heavy atom. The number of aromatic amines is 1. The van der Waals surface area contributed by atoms with Crippen LogP contribution in [0.2, 0.25) is 0 Å². The van der Waals surface area contributed by atoms with Crippen LogP contribution in [0.25, 0.3) is 11.2 Å². The standard InChI is InChI=1S/C9H9N5O3/c1-2-3-17-9(16)14-7(15)5-6(12-4-11-5)13-8(14)10/h2,4H,1,3H2,(H2,10,13)(H,11,12). The molecule has 0 aliphatic carbocycles. The van der Waals surface area contributed by atoms with Gasteiger partial charge in [0.25, 0.3) is 5.56 Å². The van der Waals surface area contributed by atoms with Crippen molar-refractivity contribution in [2.75, 3.05) is 12.3 Å². The lowest BCUT2D eigenvalue weighted by molar-refractivity contribution is 0.159. The molecule has 0 bridgehead atoms. The quantitative estimate of drug-likeness (QED) is 0.700. The third-order valence-electron chi connectivity index (χ3n) is 1.99. The number of rotatable bonds is 2. The number of hydrogen-bond acceptors (Lipinski definition) is 6. The maximum atomic E-state index is 11.8. The van der Waals surface area contributed by atoms with Gasteiger partial charge in [-0.25, -0.2) is 9.78 Å². The number of aromatic nitrogens is 4. The van der Waals surface area contributed by atoms with Crippen LogP contribution < -0.4 is 11.3 Å².